The van der Waals surface area contributed by atoms with Gasteiger partial charge >= 0.3 is 7.12 Å². The number of hydrogen-bond acceptors (Lipinski definition) is 7. The Kier molecular flexibility index (Phi) is 12.9. The third-order valence-corrected chi connectivity index (χ3v) is 6.66. The number of fused-ring (bicyclic) bond motifs is 1. The van der Waals surface area contributed by atoms with Crippen LogP contribution in [0.5, 0.6) is 0 Å². The van der Waals surface area contributed by atoms with E-state index in [0.717, 1.165) is 38.5 Å². The molecule has 38 heavy (non-hydrogen) atoms. The molecular weight excluding hydrogens is 489 g/mol. The summed E-state index contributed by atoms with van der Waals surface area (Å²) in [6.07, 6.45) is 5.42. The standard InChI is InChI=1S/C27H42BN3O7/c1-18(2)17-22(28(37)38)29-25(34)24(19(3)32)30-23(33)15-9-7-5-4-6-8-12-16-31-26(35)20-13-10-11-14-21(20)27(31)36/h10-11,13-14,18-19,22,24,32,37-38H,4-9,12,15-17H2,1-3H3,(H,29,34)(H,30,33)/t19-,22+,24+/m1/s1. The average Bonchev–Trinajstić information content (AvgIpc) is 3.10. The van der Waals surface area contributed by atoms with Crippen molar-refractivity contribution < 1.29 is 34.3 Å². The Hall–Kier alpha value is -2.76. The fourth-order valence-corrected chi connectivity index (χ4v) is 4.57. The summed E-state index contributed by atoms with van der Waals surface area (Å²) in [4.78, 5) is 50.9. The topological polar surface area (TPSA) is 156 Å². The number of nitrogens with one attached hydrogen (secondary N) is 2. The van der Waals surface area contributed by atoms with Crippen LogP contribution in [-0.4, -0.2) is 75.4 Å². The molecule has 0 radical (unpaired) electrons. The number of benzene rings is 1. The third kappa shape index (κ3) is 9.52. The van der Waals surface area contributed by atoms with E-state index in [1.54, 1.807) is 24.3 Å². The molecule has 1 aliphatic heterocycles. The lowest BCUT2D eigenvalue weighted by molar-refractivity contribution is -0.131. The Morgan fingerprint density at radius 1 is 0.868 bits per heavy atom. The maximum absolute atomic E-state index is 12.5. The summed E-state index contributed by atoms with van der Waals surface area (Å²) in [5.41, 5.74) is 0.947. The molecule has 0 unspecified atom stereocenters. The van der Waals surface area contributed by atoms with Crippen molar-refractivity contribution in [2.24, 2.45) is 5.92 Å². The molecule has 4 amide bonds. The molecule has 0 spiro atoms. The average molecular weight is 531 g/mol. The van der Waals surface area contributed by atoms with Gasteiger partial charge in [0.1, 0.15) is 6.04 Å². The molecular formula is C27H42BN3O7. The van der Waals surface area contributed by atoms with Crippen LogP contribution in [0, 0.1) is 5.92 Å². The Morgan fingerprint density at radius 3 is 1.89 bits per heavy atom. The van der Waals surface area contributed by atoms with Gasteiger partial charge in [0.15, 0.2) is 0 Å². The van der Waals surface area contributed by atoms with Crippen LogP contribution in [0.25, 0.3) is 0 Å². The van der Waals surface area contributed by atoms with Gasteiger partial charge in [-0.1, -0.05) is 58.1 Å². The van der Waals surface area contributed by atoms with Gasteiger partial charge in [0, 0.05) is 13.0 Å². The summed E-state index contributed by atoms with van der Waals surface area (Å²) >= 11 is 0. The molecule has 0 aliphatic carbocycles. The highest BCUT2D eigenvalue weighted by Gasteiger charge is 2.34. The monoisotopic (exact) mass is 531 g/mol. The minimum absolute atomic E-state index is 0.109. The molecule has 1 aliphatic rings. The van der Waals surface area contributed by atoms with Crippen LogP contribution in [-0.2, 0) is 9.59 Å². The number of aliphatic hydroxyl groups is 1. The Labute approximate surface area is 225 Å². The zero-order chi connectivity index (χ0) is 28.2. The van der Waals surface area contributed by atoms with E-state index in [1.165, 1.54) is 11.8 Å². The molecule has 10 nitrogen and oxygen atoms in total. The molecule has 5 N–H and O–H groups in total. The lowest BCUT2D eigenvalue weighted by Crippen LogP contribution is -2.57. The second-order valence-electron chi connectivity index (χ2n) is 10.5. The summed E-state index contributed by atoms with van der Waals surface area (Å²) in [7, 11) is -1.74. The van der Waals surface area contributed by atoms with Gasteiger partial charge in [0.25, 0.3) is 11.8 Å². The molecule has 210 valence electrons. The van der Waals surface area contributed by atoms with E-state index in [0.29, 0.717) is 30.5 Å². The van der Waals surface area contributed by atoms with E-state index < -0.39 is 31.1 Å². The van der Waals surface area contributed by atoms with Crippen LogP contribution in [0.2, 0.25) is 0 Å². The predicted octanol–water partition coefficient (Wildman–Crippen LogP) is 1.81. The van der Waals surface area contributed by atoms with Crippen LogP contribution in [0.3, 0.4) is 0 Å². The van der Waals surface area contributed by atoms with E-state index in [4.69, 9.17) is 0 Å². The second-order valence-corrected chi connectivity index (χ2v) is 10.5. The summed E-state index contributed by atoms with van der Waals surface area (Å²) in [5, 5.41) is 34.1. The summed E-state index contributed by atoms with van der Waals surface area (Å²) in [6, 6.07) is 5.70. The quantitative estimate of drug-likeness (QED) is 0.117. The van der Waals surface area contributed by atoms with E-state index in [9.17, 15) is 34.3 Å². The van der Waals surface area contributed by atoms with Gasteiger partial charge in [0.05, 0.1) is 23.2 Å². The first-order valence-electron chi connectivity index (χ1n) is 13.6. The van der Waals surface area contributed by atoms with Crippen LogP contribution < -0.4 is 10.6 Å². The van der Waals surface area contributed by atoms with Crippen molar-refractivity contribution in [3.05, 3.63) is 35.4 Å². The molecule has 1 heterocycles. The Morgan fingerprint density at radius 2 is 1.39 bits per heavy atom. The van der Waals surface area contributed by atoms with Crippen LogP contribution in [0.4, 0.5) is 0 Å². The van der Waals surface area contributed by atoms with Gasteiger partial charge in [-0.05, 0) is 44.2 Å². The van der Waals surface area contributed by atoms with Crippen molar-refractivity contribution in [2.75, 3.05) is 6.54 Å². The third-order valence-electron chi connectivity index (χ3n) is 6.66. The SMILES string of the molecule is CC(C)C[C@H](NC(=O)[C@@H](NC(=O)CCCCCCCCCN1C(=O)c2ccccc2C1=O)[C@@H](C)O)B(O)O. The normalized spacial score (nSPS) is 15.3. The fourth-order valence-electron chi connectivity index (χ4n) is 4.57. The molecule has 1 aromatic carbocycles. The van der Waals surface area contributed by atoms with Crippen LogP contribution in [0.1, 0.15) is 99.3 Å². The van der Waals surface area contributed by atoms with Crippen molar-refractivity contribution in [2.45, 2.75) is 96.6 Å². The highest BCUT2D eigenvalue weighted by molar-refractivity contribution is 6.43. The smallest absolute Gasteiger partial charge is 0.426 e. The lowest BCUT2D eigenvalue weighted by Gasteiger charge is -2.25. The number of amides is 4. The maximum Gasteiger partial charge on any atom is 0.475 e. The van der Waals surface area contributed by atoms with Gasteiger partial charge in [-0.3, -0.25) is 24.1 Å². The first-order chi connectivity index (χ1) is 18.0. The fraction of sp³-hybridized carbons (Fsp3) is 0.630. The highest BCUT2D eigenvalue weighted by atomic mass is 16.4. The van der Waals surface area contributed by atoms with Crippen molar-refractivity contribution in [1.82, 2.24) is 15.5 Å². The van der Waals surface area contributed by atoms with Crippen molar-refractivity contribution in [1.29, 1.82) is 0 Å². The van der Waals surface area contributed by atoms with E-state index in [-0.39, 0.29) is 30.1 Å². The van der Waals surface area contributed by atoms with Crippen LogP contribution in [0.15, 0.2) is 24.3 Å². The number of carbonyl (C=O) groups excluding carboxylic acids is 4. The van der Waals surface area contributed by atoms with Gasteiger partial charge in [-0.2, -0.15) is 0 Å². The number of imide groups is 1. The number of unbranched alkanes of at least 4 members (excludes halogenated alkanes) is 6. The molecule has 0 bridgehead atoms. The molecule has 11 heteroatoms. The summed E-state index contributed by atoms with van der Waals surface area (Å²) in [6.45, 7) is 5.58. The van der Waals surface area contributed by atoms with Crippen molar-refractivity contribution in [3.8, 4) is 0 Å². The van der Waals surface area contributed by atoms with Gasteiger partial charge in [-0.25, -0.2) is 0 Å². The zero-order valence-corrected chi connectivity index (χ0v) is 22.7. The highest BCUT2D eigenvalue weighted by Crippen LogP contribution is 2.23. The molecule has 0 fully saturated rings. The first-order valence-corrected chi connectivity index (χ1v) is 13.6. The number of carbonyl (C=O) groups is 4. The molecule has 3 atom stereocenters. The number of rotatable bonds is 17. The van der Waals surface area contributed by atoms with E-state index >= 15 is 0 Å². The van der Waals surface area contributed by atoms with E-state index in [1.807, 2.05) is 13.8 Å². The first kappa shape index (κ1) is 31.5. The molecule has 0 aromatic heterocycles. The van der Waals surface area contributed by atoms with Crippen molar-refractivity contribution >= 4 is 30.7 Å². The molecule has 0 saturated carbocycles. The van der Waals surface area contributed by atoms with E-state index in [2.05, 4.69) is 10.6 Å². The van der Waals surface area contributed by atoms with Gasteiger partial charge in [0.2, 0.25) is 11.8 Å². The van der Waals surface area contributed by atoms with Crippen LogP contribution >= 0.6 is 0 Å². The molecule has 1 aromatic rings. The molecule has 0 saturated heterocycles. The minimum Gasteiger partial charge on any atom is -0.426 e. The second kappa shape index (κ2) is 15.6. The number of nitrogens with zero attached hydrogens (tertiary/aromatic N) is 1. The Balaban J connectivity index is 1.59. The maximum atomic E-state index is 12.5. The minimum atomic E-state index is -1.74. The lowest BCUT2D eigenvalue weighted by atomic mass is 9.75. The largest absolute Gasteiger partial charge is 0.475 e. The van der Waals surface area contributed by atoms with Crippen molar-refractivity contribution in [3.63, 3.8) is 0 Å². The number of aliphatic hydroxyl groups excluding tert-OH is 1. The number of hydrogen-bond donors (Lipinski definition) is 5. The van der Waals surface area contributed by atoms with Gasteiger partial charge < -0.3 is 25.8 Å². The zero-order valence-electron chi connectivity index (χ0n) is 22.7. The molecule has 2 rings (SSSR count). The predicted molar refractivity (Wildman–Crippen MR) is 144 cm³/mol. The van der Waals surface area contributed by atoms with Gasteiger partial charge in [-0.15, -0.1) is 0 Å². The Bertz CT molecular complexity index is 919. The summed E-state index contributed by atoms with van der Waals surface area (Å²) < 4.78 is 0. The summed E-state index contributed by atoms with van der Waals surface area (Å²) in [5.74, 6) is -2.24.